The van der Waals surface area contributed by atoms with Crippen LogP contribution >= 0.6 is 0 Å². The topological polar surface area (TPSA) is 20.2 Å². The van der Waals surface area contributed by atoms with Crippen LogP contribution < -0.4 is 0 Å². The van der Waals surface area contributed by atoms with Crippen LogP contribution in [0.5, 0.6) is 5.75 Å². The first kappa shape index (κ1) is 15.7. The van der Waals surface area contributed by atoms with Crippen molar-refractivity contribution in [2.24, 2.45) is 11.3 Å². The first-order chi connectivity index (χ1) is 11.5. The van der Waals surface area contributed by atoms with E-state index in [0.29, 0.717) is 23.0 Å². The van der Waals surface area contributed by atoms with Crippen molar-refractivity contribution in [2.45, 2.75) is 58.3 Å². The number of hydrogen-bond acceptors (Lipinski definition) is 1. The molecule has 0 saturated heterocycles. The molecular weight excluding hydrogens is 292 g/mol. The van der Waals surface area contributed by atoms with Gasteiger partial charge in [-0.05, 0) is 83.4 Å². The fourth-order valence-electron chi connectivity index (χ4n) is 5.66. The van der Waals surface area contributed by atoms with Crippen LogP contribution in [0.25, 0.3) is 10.8 Å². The maximum atomic E-state index is 9.76. The molecule has 3 atom stereocenters. The Morgan fingerprint density at radius 1 is 1.25 bits per heavy atom. The highest BCUT2D eigenvalue weighted by Crippen LogP contribution is 2.61. The van der Waals surface area contributed by atoms with E-state index in [1.54, 1.807) is 5.56 Å². The molecule has 1 heteroatoms. The smallest absolute Gasteiger partial charge is 0.116 e. The van der Waals surface area contributed by atoms with E-state index in [2.05, 4.69) is 38.6 Å². The molecule has 0 amide bonds. The molecule has 0 unspecified atom stereocenters. The molecule has 2 aliphatic rings. The number of hydrogen-bond donors (Lipinski definition) is 1. The van der Waals surface area contributed by atoms with Crippen molar-refractivity contribution in [3.8, 4) is 5.75 Å². The number of benzene rings is 2. The fraction of sp³-hybridized carbons (Fsp3) is 0.478. The standard InChI is InChI=1S/C23H28O/c1-4-5-15(2)21-10-11-22-20-8-6-16-14-17(24)7-9-18(16)19(20)12-13-23(21,22)3/h6-9,14,21-22,24H,2,4-5,10-13H2,1,3H3/t21-,22+,23-/m1/s1. The van der Waals surface area contributed by atoms with Gasteiger partial charge in [0.1, 0.15) is 5.75 Å². The van der Waals surface area contributed by atoms with Crippen LogP contribution in [0.15, 0.2) is 42.5 Å². The predicted molar refractivity (Wildman–Crippen MR) is 102 cm³/mol. The summed E-state index contributed by atoms with van der Waals surface area (Å²) in [6.07, 6.45) is 7.39. The highest BCUT2D eigenvalue weighted by Gasteiger charge is 2.50. The number of phenolic OH excluding ortho intramolecular Hbond substituents is 1. The van der Waals surface area contributed by atoms with Crippen LogP contribution in [0.1, 0.15) is 63.0 Å². The molecule has 4 rings (SSSR count). The first-order valence-corrected chi connectivity index (χ1v) is 9.46. The van der Waals surface area contributed by atoms with E-state index in [4.69, 9.17) is 0 Å². The summed E-state index contributed by atoms with van der Waals surface area (Å²) in [5.74, 6) is 1.71. The second kappa shape index (κ2) is 5.65. The quantitative estimate of drug-likeness (QED) is 0.653. The van der Waals surface area contributed by atoms with E-state index in [0.717, 1.165) is 6.42 Å². The Morgan fingerprint density at radius 3 is 2.88 bits per heavy atom. The molecule has 0 heterocycles. The van der Waals surface area contributed by atoms with Crippen LogP contribution in [0.3, 0.4) is 0 Å². The lowest BCUT2D eigenvalue weighted by Crippen LogP contribution is -2.33. The molecule has 1 nitrogen and oxygen atoms in total. The van der Waals surface area contributed by atoms with Gasteiger partial charge in [-0.3, -0.25) is 0 Å². The largest absolute Gasteiger partial charge is 0.508 e. The third-order valence-electron chi connectivity index (χ3n) is 6.84. The zero-order chi connectivity index (χ0) is 16.9. The monoisotopic (exact) mass is 320 g/mol. The summed E-state index contributed by atoms with van der Waals surface area (Å²) in [6.45, 7) is 9.23. The molecule has 0 radical (unpaired) electrons. The Kier molecular flexibility index (Phi) is 3.71. The van der Waals surface area contributed by atoms with Crippen molar-refractivity contribution in [2.75, 3.05) is 0 Å². The summed E-state index contributed by atoms with van der Waals surface area (Å²) < 4.78 is 0. The summed E-state index contributed by atoms with van der Waals surface area (Å²) >= 11 is 0. The normalized spacial score (nSPS) is 28.6. The van der Waals surface area contributed by atoms with Gasteiger partial charge in [0.15, 0.2) is 0 Å². The molecule has 126 valence electrons. The molecular formula is C23H28O. The molecule has 24 heavy (non-hydrogen) atoms. The van der Waals surface area contributed by atoms with E-state index in [9.17, 15) is 5.11 Å². The van der Waals surface area contributed by atoms with E-state index in [1.807, 2.05) is 12.1 Å². The molecule has 0 spiro atoms. The molecule has 0 aliphatic heterocycles. The molecule has 0 bridgehead atoms. The van der Waals surface area contributed by atoms with E-state index in [1.165, 1.54) is 54.0 Å². The van der Waals surface area contributed by atoms with Gasteiger partial charge in [0, 0.05) is 0 Å². The van der Waals surface area contributed by atoms with E-state index in [-0.39, 0.29) is 0 Å². The summed E-state index contributed by atoms with van der Waals surface area (Å²) in [7, 11) is 0. The van der Waals surface area contributed by atoms with Gasteiger partial charge >= 0.3 is 0 Å². The van der Waals surface area contributed by atoms with Crippen LogP contribution in [0.4, 0.5) is 0 Å². The predicted octanol–water partition coefficient (Wildman–Crippen LogP) is 6.35. The van der Waals surface area contributed by atoms with Crippen molar-refractivity contribution in [3.05, 3.63) is 53.6 Å². The molecule has 2 aromatic carbocycles. The van der Waals surface area contributed by atoms with Crippen molar-refractivity contribution >= 4 is 10.8 Å². The van der Waals surface area contributed by atoms with Crippen LogP contribution in [-0.2, 0) is 6.42 Å². The minimum Gasteiger partial charge on any atom is -0.508 e. The van der Waals surface area contributed by atoms with Crippen molar-refractivity contribution in [1.82, 2.24) is 0 Å². The summed E-state index contributed by atoms with van der Waals surface area (Å²) in [5.41, 5.74) is 4.95. The fourth-order valence-corrected chi connectivity index (χ4v) is 5.66. The van der Waals surface area contributed by atoms with Gasteiger partial charge < -0.3 is 5.11 Å². The van der Waals surface area contributed by atoms with Gasteiger partial charge in [0.05, 0.1) is 0 Å². The minimum atomic E-state index is 0.361. The number of aromatic hydroxyl groups is 1. The summed E-state index contributed by atoms with van der Waals surface area (Å²) in [5, 5.41) is 12.3. The molecule has 0 aromatic heterocycles. The van der Waals surface area contributed by atoms with Crippen LogP contribution in [0.2, 0.25) is 0 Å². The van der Waals surface area contributed by atoms with Gasteiger partial charge in [-0.1, -0.05) is 50.6 Å². The highest BCUT2D eigenvalue weighted by molar-refractivity contribution is 5.88. The van der Waals surface area contributed by atoms with E-state index < -0.39 is 0 Å². The molecule has 1 saturated carbocycles. The van der Waals surface area contributed by atoms with Crippen molar-refractivity contribution in [1.29, 1.82) is 0 Å². The lowest BCUT2D eigenvalue weighted by Gasteiger charge is -2.43. The van der Waals surface area contributed by atoms with Gasteiger partial charge in [-0.25, -0.2) is 0 Å². The third kappa shape index (κ3) is 2.21. The molecule has 2 aliphatic carbocycles. The number of rotatable bonds is 3. The second-order valence-corrected chi connectivity index (χ2v) is 8.14. The Hall–Kier alpha value is -1.76. The zero-order valence-corrected chi connectivity index (χ0v) is 14.9. The molecule has 1 N–H and O–H groups in total. The zero-order valence-electron chi connectivity index (χ0n) is 14.9. The van der Waals surface area contributed by atoms with Crippen molar-refractivity contribution in [3.63, 3.8) is 0 Å². The minimum absolute atomic E-state index is 0.361. The van der Waals surface area contributed by atoms with Gasteiger partial charge in [-0.15, -0.1) is 0 Å². The SMILES string of the molecule is C=C(CCC)[C@H]1CC[C@H]2c3ccc4cc(O)ccc4c3CC[C@]12C. The third-order valence-corrected chi connectivity index (χ3v) is 6.84. The summed E-state index contributed by atoms with van der Waals surface area (Å²) in [4.78, 5) is 0. The second-order valence-electron chi connectivity index (χ2n) is 8.14. The number of phenols is 1. The van der Waals surface area contributed by atoms with Gasteiger partial charge in [-0.2, -0.15) is 0 Å². The van der Waals surface area contributed by atoms with Crippen LogP contribution in [-0.4, -0.2) is 5.11 Å². The average molecular weight is 320 g/mol. The summed E-state index contributed by atoms with van der Waals surface area (Å²) in [6, 6.07) is 10.4. The maximum absolute atomic E-state index is 9.76. The van der Waals surface area contributed by atoms with E-state index >= 15 is 0 Å². The molecule has 1 fully saturated rings. The number of fused-ring (bicyclic) bond motifs is 5. The van der Waals surface area contributed by atoms with Crippen molar-refractivity contribution < 1.29 is 5.11 Å². The Labute approximate surface area is 145 Å². The number of allylic oxidation sites excluding steroid dienone is 1. The average Bonchev–Trinajstić information content (AvgIpc) is 2.92. The molecule has 2 aromatic rings. The Balaban J connectivity index is 1.77. The highest BCUT2D eigenvalue weighted by atomic mass is 16.3. The Morgan fingerprint density at radius 2 is 2.08 bits per heavy atom. The van der Waals surface area contributed by atoms with Crippen LogP contribution in [0, 0.1) is 11.3 Å². The van der Waals surface area contributed by atoms with Gasteiger partial charge in [0.2, 0.25) is 0 Å². The Bertz CT molecular complexity index is 803. The van der Waals surface area contributed by atoms with Gasteiger partial charge in [0.25, 0.3) is 0 Å². The first-order valence-electron chi connectivity index (χ1n) is 9.46. The number of aryl methyl sites for hydroxylation is 1. The maximum Gasteiger partial charge on any atom is 0.116 e. The lowest BCUT2D eigenvalue weighted by molar-refractivity contribution is 0.194. The lowest BCUT2D eigenvalue weighted by atomic mass is 9.61.